The third kappa shape index (κ3) is 4.50. The van der Waals surface area contributed by atoms with Crippen molar-refractivity contribution in [1.29, 1.82) is 0 Å². The number of hydrogen-bond acceptors (Lipinski definition) is 1. The van der Waals surface area contributed by atoms with Crippen LogP contribution in [-0.2, 0) is 6.42 Å². The van der Waals surface area contributed by atoms with Gasteiger partial charge in [0.1, 0.15) is 0 Å². The Morgan fingerprint density at radius 2 is 1.59 bits per heavy atom. The van der Waals surface area contributed by atoms with Crippen LogP contribution in [0.15, 0.2) is 18.2 Å². The summed E-state index contributed by atoms with van der Waals surface area (Å²) in [5.74, 6) is 0.495. The monoisotopic (exact) mass is 273 g/mol. The molecule has 96 valence electrons. The molecule has 1 N–H and O–H groups in total. The minimum absolute atomic E-state index is 0.447. The summed E-state index contributed by atoms with van der Waals surface area (Å²) in [6, 6.07) is 6.62. The summed E-state index contributed by atoms with van der Waals surface area (Å²) in [6.45, 7) is 8.74. The van der Waals surface area contributed by atoms with Crippen molar-refractivity contribution in [3.05, 3.63) is 33.8 Å². The topological polar surface area (TPSA) is 12.0 Å². The molecule has 2 unspecified atom stereocenters. The lowest BCUT2D eigenvalue weighted by molar-refractivity contribution is 0.372. The van der Waals surface area contributed by atoms with Crippen LogP contribution in [0.2, 0.25) is 10.0 Å². The summed E-state index contributed by atoms with van der Waals surface area (Å²) in [5, 5.41) is 5.05. The smallest absolute Gasteiger partial charge is 0.0452 e. The van der Waals surface area contributed by atoms with E-state index in [1.807, 2.05) is 18.2 Å². The fraction of sp³-hybridized carbons (Fsp3) is 0.571. The van der Waals surface area contributed by atoms with Crippen LogP contribution in [0.1, 0.15) is 33.3 Å². The van der Waals surface area contributed by atoms with Gasteiger partial charge in [-0.2, -0.15) is 0 Å². The van der Waals surface area contributed by atoms with Crippen LogP contribution < -0.4 is 5.32 Å². The van der Waals surface area contributed by atoms with Crippen molar-refractivity contribution >= 4 is 23.2 Å². The summed E-state index contributed by atoms with van der Waals surface area (Å²) >= 11 is 12.4. The van der Waals surface area contributed by atoms with Crippen molar-refractivity contribution in [3.63, 3.8) is 0 Å². The fourth-order valence-corrected chi connectivity index (χ4v) is 2.47. The first-order valence-corrected chi connectivity index (χ1v) is 6.86. The Hall–Kier alpha value is -0.240. The maximum Gasteiger partial charge on any atom is 0.0452 e. The van der Waals surface area contributed by atoms with Gasteiger partial charge in [0, 0.05) is 22.1 Å². The lowest BCUT2D eigenvalue weighted by Gasteiger charge is -2.24. The van der Waals surface area contributed by atoms with E-state index in [1.54, 1.807) is 0 Å². The quantitative estimate of drug-likeness (QED) is 0.830. The Labute approximate surface area is 115 Å². The normalized spacial score (nSPS) is 15.0. The first kappa shape index (κ1) is 14.8. The van der Waals surface area contributed by atoms with Gasteiger partial charge in [0.15, 0.2) is 0 Å². The van der Waals surface area contributed by atoms with E-state index in [0.717, 1.165) is 22.0 Å². The molecule has 1 rings (SSSR count). The Bertz CT molecular complexity index is 343. The summed E-state index contributed by atoms with van der Waals surface area (Å²) in [5.41, 5.74) is 1.06. The van der Waals surface area contributed by atoms with E-state index in [0.29, 0.717) is 18.0 Å². The first-order valence-electron chi connectivity index (χ1n) is 6.10. The van der Waals surface area contributed by atoms with Crippen LogP contribution in [0.5, 0.6) is 0 Å². The van der Waals surface area contributed by atoms with Gasteiger partial charge in [-0.1, -0.05) is 50.0 Å². The molecular weight excluding hydrogens is 253 g/mol. The lowest BCUT2D eigenvalue weighted by Crippen LogP contribution is -2.37. The molecule has 1 aromatic rings. The molecule has 0 spiro atoms. The number of halogens is 2. The molecule has 0 aliphatic carbocycles. The second-order valence-electron chi connectivity index (χ2n) is 4.99. The molecule has 3 heteroatoms. The number of hydrogen-bond donors (Lipinski definition) is 1. The maximum atomic E-state index is 6.18. The van der Waals surface area contributed by atoms with Gasteiger partial charge in [0.2, 0.25) is 0 Å². The zero-order valence-electron chi connectivity index (χ0n) is 10.9. The van der Waals surface area contributed by atoms with Crippen LogP contribution >= 0.6 is 23.2 Å². The van der Waals surface area contributed by atoms with Crippen molar-refractivity contribution in [2.24, 2.45) is 5.92 Å². The molecule has 1 nitrogen and oxygen atoms in total. The SMILES string of the molecule is CC(C)NC(C)C(C)Cc1c(Cl)cccc1Cl. The molecule has 0 heterocycles. The largest absolute Gasteiger partial charge is 0.312 e. The maximum absolute atomic E-state index is 6.18. The minimum Gasteiger partial charge on any atom is -0.312 e. The molecule has 0 aliphatic rings. The lowest BCUT2D eigenvalue weighted by atomic mass is 9.94. The molecule has 2 atom stereocenters. The Kier molecular flexibility index (Phi) is 5.78. The van der Waals surface area contributed by atoms with Gasteiger partial charge in [-0.3, -0.25) is 0 Å². The van der Waals surface area contributed by atoms with E-state index in [-0.39, 0.29) is 0 Å². The van der Waals surface area contributed by atoms with Gasteiger partial charge < -0.3 is 5.32 Å². The van der Waals surface area contributed by atoms with Crippen LogP contribution in [0.25, 0.3) is 0 Å². The average molecular weight is 274 g/mol. The molecule has 0 bridgehead atoms. The number of nitrogens with one attached hydrogen (secondary N) is 1. The van der Waals surface area contributed by atoms with Crippen molar-refractivity contribution in [1.82, 2.24) is 5.32 Å². The average Bonchev–Trinajstić information content (AvgIpc) is 2.22. The van der Waals surface area contributed by atoms with Gasteiger partial charge >= 0.3 is 0 Å². The van der Waals surface area contributed by atoms with Crippen LogP contribution in [0, 0.1) is 5.92 Å². The molecular formula is C14H21Cl2N. The molecule has 0 amide bonds. The second-order valence-corrected chi connectivity index (χ2v) is 5.81. The van der Waals surface area contributed by atoms with Crippen LogP contribution in [0.3, 0.4) is 0 Å². The number of rotatable bonds is 5. The zero-order valence-corrected chi connectivity index (χ0v) is 12.4. The van der Waals surface area contributed by atoms with E-state index in [2.05, 4.69) is 33.0 Å². The molecule has 0 saturated carbocycles. The third-order valence-corrected chi connectivity index (χ3v) is 3.75. The van der Waals surface area contributed by atoms with Crippen LogP contribution in [0.4, 0.5) is 0 Å². The summed E-state index contributed by atoms with van der Waals surface area (Å²) < 4.78 is 0. The molecule has 0 saturated heterocycles. The minimum atomic E-state index is 0.447. The summed E-state index contributed by atoms with van der Waals surface area (Å²) in [4.78, 5) is 0. The standard InChI is InChI=1S/C14H21Cl2N/c1-9(2)17-11(4)10(3)8-12-13(15)6-5-7-14(12)16/h5-7,9-11,17H,8H2,1-4H3. The van der Waals surface area contributed by atoms with Crippen molar-refractivity contribution in [2.75, 3.05) is 0 Å². The predicted octanol–water partition coefficient (Wildman–Crippen LogP) is 4.56. The fourth-order valence-electron chi connectivity index (χ4n) is 1.92. The van der Waals surface area contributed by atoms with E-state index in [9.17, 15) is 0 Å². The third-order valence-electron chi connectivity index (χ3n) is 3.04. The number of benzene rings is 1. The van der Waals surface area contributed by atoms with Gasteiger partial charge in [-0.15, -0.1) is 0 Å². The van der Waals surface area contributed by atoms with Gasteiger partial charge in [-0.25, -0.2) is 0 Å². The van der Waals surface area contributed by atoms with Gasteiger partial charge in [0.25, 0.3) is 0 Å². The molecule has 0 aromatic heterocycles. The zero-order chi connectivity index (χ0) is 13.0. The second kappa shape index (κ2) is 6.63. The first-order chi connectivity index (χ1) is 7.91. The Balaban J connectivity index is 2.70. The summed E-state index contributed by atoms with van der Waals surface area (Å²) in [6.07, 6.45) is 0.902. The van der Waals surface area contributed by atoms with Crippen molar-refractivity contribution in [2.45, 2.75) is 46.2 Å². The molecule has 1 aromatic carbocycles. The Morgan fingerprint density at radius 3 is 2.06 bits per heavy atom. The van der Waals surface area contributed by atoms with E-state index >= 15 is 0 Å². The van der Waals surface area contributed by atoms with Gasteiger partial charge in [-0.05, 0) is 37.0 Å². The molecule has 0 radical (unpaired) electrons. The van der Waals surface area contributed by atoms with E-state index < -0.39 is 0 Å². The highest BCUT2D eigenvalue weighted by atomic mass is 35.5. The molecule has 17 heavy (non-hydrogen) atoms. The highest BCUT2D eigenvalue weighted by Crippen LogP contribution is 2.27. The van der Waals surface area contributed by atoms with Gasteiger partial charge in [0.05, 0.1) is 0 Å². The predicted molar refractivity (Wildman–Crippen MR) is 77.1 cm³/mol. The van der Waals surface area contributed by atoms with Crippen molar-refractivity contribution in [3.8, 4) is 0 Å². The van der Waals surface area contributed by atoms with Crippen LogP contribution in [-0.4, -0.2) is 12.1 Å². The highest BCUT2D eigenvalue weighted by Gasteiger charge is 2.16. The highest BCUT2D eigenvalue weighted by molar-refractivity contribution is 6.35. The summed E-state index contributed by atoms with van der Waals surface area (Å²) in [7, 11) is 0. The molecule has 0 fully saturated rings. The van der Waals surface area contributed by atoms with E-state index in [4.69, 9.17) is 23.2 Å². The van der Waals surface area contributed by atoms with Crippen molar-refractivity contribution < 1.29 is 0 Å². The molecule has 0 aliphatic heterocycles. The van der Waals surface area contributed by atoms with E-state index in [1.165, 1.54) is 0 Å². The Morgan fingerprint density at radius 1 is 1.06 bits per heavy atom.